The normalized spacial score (nSPS) is 11.9. The predicted molar refractivity (Wildman–Crippen MR) is 162 cm³/mol. The van der Waals surface area contributed by atoms with Gasteiger partial charge in [0.1, 0.15) is 18.3 Å². The number of carbonyl (C=O) groups excluding carboxylic acids is 2. The molecule has 8 nitrogen and oxygen atoms in total. The van der Waals surface area contributed by atoms with Crippen molar-refractivity contribution in [2.24, 2.45) is 0 Å². The Morgan fingerprint density at radius 2 is 1.59 bits per heavy atom. The number of nitrogens with one attached hydrogen (secondary N) is 1. The first kappa shape index (κ1) is 31.7. The van der Waals surface area contributed by atoms with E-state index in [4.69, 9.17) is 4.74 Å². The average molecular weight is 580 g/mol. The maximum Gasteiger partial charge on any atom is 0.264 e. The van der Waals surface area contributed by atoms with Crippen LogP contribution in [-0.4, -0.2) is 51.4 Å². The van der Waals surface area contributed by atoms with Crippen LogP contribution in [0.4, 0.5) is 5.69 Å². The Morgan fingerprint density at radius 1 is 0.927 bits per heavy atom. The zero-order valence-electron chi connectivity index (χ0n) is 24.6. The first-order valence-corrected chi connectivity index (χ1v) is 15.5. The molecule has 9 heteroatoms. The van der Waals surface area contributed by atoms with Gasteiger partial charge in [0.15, 0.2) is 0 Å². The molecule has 1 N–H and O–H groups in total. The van der Waals surface area contributed by atoms with Crippen LogP contribution in [0.15, 0.2) is 77.7 Å². The molecule has 2 amide bonds. The molecular weight excluding hydrogens is 538 g/mol. The molecule has 0 bridgehead atoms. The van der Waals surface area contributed by atoms with E-state index in [9.17, 15) is 18.0 Å². The van der Waals surface area contributed by atoms with Crippen molar-refractivity contribution in [3.63, 3.8) is 0 Å². The Balaban J connectivity index is 2.08. The van der Waals surface area contributed by atoms with E-state index < -0.39 is 28.5 Å². The summed E-state index contributed by atoms with van der Waals surface area (Å²) in [6, 6.07) is 20.3. The number of para-hydroxylation sites is 1. The predicted octanol–water partition coefficient (Wildman–Crippen LogP) is 5.09. The van der Waals surface area contributed by atoms with Gasteiger partial charge in [-0.25, -0.2) is 8.42 Å². The number of anilines is 1. The summed E-state index contributed by atoms with van der Waals surface area (Å²) in [4.78, 5) is 29.0. The largest absolute Gasteiger partial charge is 0.497 e. The number of amides is 2. The number of ether oxygens (including phenoxy) is 1. The molecule has 3 aromatic rings. The summed E-state index contributed by atoms with van der Waals surface area (Å²) < 4.78 is 34.6. The second-order valence-electron chi connectivity index (χ2n) is 9.89. The van der Waals surface area contributed by atoms with Crippen molar-refractivity contribution in [2.45, 2.75) is 64.4 Å². The molecule has 0 fully saturated rings. The highest BCUT2D eigenvalue weighted by Crippen LogP contribution is 2.28. The molecule has 0 spiro atoms. The van der Waals surface area contributed by atoms with E-state index in [1.807, 2.05) is 52.0 Å². The van der Waals surface area contributed by atoms with Gasteiger partial charge >= 0.3 is 0 Å². The van der Waals surface area contributed by atoms with Gasteiger partial charge in [-0.15, -0.1) is 0 Å². The van der Waals surface area contributed by atoms with Crippen LogP contribution in [0.5, 0.6) is 5.75 Å². The Morgan fingerprint density at radius 3 is 2.17 bits per heavy atom. The van der Waals surface area contributed by atoms with Gasteiger partial charge in [-0.1, -0.05) is 68.8 Å². The van der Waals surface area contributed by atoms with Crippen LogP contribution in [0.2, 0.25) is 0 Å². The molecule has 0 aromatic heterocycles. The molecule has 3 rings (SSSR count). The van der Waals surface area contributed by atoms with Crippen LogP contribution in [0.25, 0.3) is 0 Å². The molecule has 3 aromatic carbocycles. The summed E-state index contributed by atoms with van der Waals surface area (Å²) in [7, 11) is -2.54. The molecule has 220 valence electrons. The molecule has 0 aliphatic rings. The summed E-state index contributed by atoms with van der Waals surface area (Å²) in [5.41, 5.74) is 2.96. The Labute approximate surface area is 244 Å². The number of hydrogen-bond acceptors (Lipinski definition) is 5. The fraction of sp³-hybridized carbons (Fsp3) is 0.375. The Bertz CT molecular complexity index is 1410. The van der Waals surface area contributed by atoms with Crippen LogP contribution in [-0.2, 0) is 32.6 Å². The number of nitrogens with zero attached hydrogens (tertiary/aromatic N) is 2. The topological polar surface area (TPSA) is 96.0 Å². The number of sulfonamides is 1. The fourth-order valence-corrected chi connectivity index (χ4v) is 6.07. The zero-order chi connectivity index (χ0) is 30.0. The van der Waals surface area contributed by atoms with Crippen molar-refractivity contribution in [1.82, 2.24) is 10.2 Å². The minimum atomic E-state index is -4.11. The third-order valence-corrected chi connectivity index (χ3v) is 8.75. The molecular formula is C32H41N3O5S. The van der Waals surface area contributed by atoms with Gasteiger partial charge in [-0.2, -0.15) is 0 Å². The minimum Gasteiger partial charge on any atom is -0.497 e. The molecule has 0 aliphatic heterocycles. The van der Waals surface area contributed by atoms with Crippen molar-refractivity contribution in [3.8, 4) is 5.75 Å². The minimum absolute atomic E-state index is 0.0937. The number of benzene rings is 3. The van der Waals surface area contributed by atoms with E-state index in [0.717, 1.165) is 23.1 Å². The average Bonchev–Trinajstić information content (AvgIpc) is 2.99. The van der Waals surface area contributed by atoms with E-state index in [2.05, 4.69) is 5.32 Å². The van der Waals surface area contributed by atoms with Crippen molar-refractivity contribution in [2.75, 3.05) is 24.5 Å². The fourth-order valence-electron chi connectivity index (χ4n) is 4.62. The summed E-state index contributed by atoms with van der Waals surface area (Å²) in [6.07, 6.45) is 1.70. The van der Waals surface area contributed by atoms with E-state index in [0.29, 0.717) is 30.8 Å². The molecule has 0 unspecified atom stereocenters. The van der Waals surface area contributed by atoms with Gasteiger partial charge in [-0.3, -0.25) is 13.9 Å². The number of rotatable bonds is 14. The molecule has 0 heterocycles. The Kier molecular flexibility index (Phi) is 11.3. The Hall–Kier alpha value is -3.85. The van der Waals surface area contributed by atoms with Crippen LogP contribution in [0, 0.1) is 6.92 Å². The highest BCUT2D eigenvalue weighted by atomic mass is 32.2. The van der Waals surface area contributed by atoms with Crippen molar-refractivity contribution in [1.29, 1.82) is 0 Å². The first-order valence-electron chi connectivity index (χ1n) is 14.0. The van der Waals surface area contributed by atoms with Crippen LogP contribution in [0.1, 0.15) is 50.3 Å². The lowest BCUT2D eigenvalue weighted by Gasteiger charge is -2.33. The van der Waals surface area contributed by atoms with Crippen LogP contribution >= 0.6 is 0 Å². The number of hydrogen-bond donors (Lipinski definition) is 1. The second kappa shape index (κ2) is 14.7. The zero-order valence-corrected chi connectivity index (χ0v) is 25.4. The monoisotopic (exact) mass is 579 g/mol. The summed E-state index contributed by atoms with van der Waals surface area (Å²) in [6.45, 7) is 7.79. The summed E-state index contributed by atoms with van der Waals surface area (Å²) in [5, 5.41) is 2.90. The smallest absolute Gasteiger partial charge is 0.264 e. The molecule has 0 aliphatic carbocycles. The SMILES string of the molecule is CCCNC(=O)[C@H](CC)N(Cc1ccc(OC)cc1)C(=O)CN(c1ccccc1CC)S(=O)(=O)c1ccc(C)cc1. The molecule has 0 saturated carbocycles. The lowest BCUT2D eigenvalue weighted by Crippen LogP contribution is -2.52. The lowest BCUT2D eigenvalue weighted by molar-refractivity contribution is -0.140. The highest BCUT2D eigenvalue weighted by molar-refractivity contribution is 7.92. The molecule has 1 atom stereocenters. The lowest BCUT2D eigenvalue weighted by atomic mass is 10.1. The number of carbonyl (C=O) groups is 2. The van der Waals surface area contributed by atoms with Gasteiger partial charge < -0.3 is 15.0 Å². The van der Waals surface area contributed by atoms with E-state index in [1.54, 1.807) is 55.6 Å². The van der Waals surface area contributed by atoms with Gasteiger partial charge in [0.05, 0.1) is 17.7 Å². The van der Waals surface area contributed by atoms with Gasteiger partial charge in [0.25, 0.3) is 10.0 Å². The molecule has 0 saturated heterocycles. The first-order chi connectivity index (χ1) is 19.7. The second-order valence-corrected chi connectivity index (χ2v) is 11.8. The van der Waals surface area contributed by atoms with Gasteiger partial charge in [0, 0.05) is 13.1 Å². The molecule has 41 heavy (non-hydrogen) atoms. The third kappa shape index (κ3) is 7.88. The quantitative estimate of drug-likeness (QED) is 0.287. The van der Waals surface area contributed by atoms with E-state index >= 15 is 0 Å². The highest BCUT2D eigenvalue weighted by Gasteiger charge is 2.34. The van der Waals surface area contributed by atoms with Gasteiger partial charge in [-0.05, 0) is 67.6 Å². The summed E-state index contributed by atoms with van der Waals surface area (Å²) in [5.74, 6) is -0.0649. The molecule has 0 radical (unpaired) electrons. The maximum absolute atomic E-state index is 14.2. The van der Waals surface area contributed by atoms with Gasteiger partial charge in [0.2, 0.25) is 11.8 Å². The number of methoxy groups -OCH3 is 1. The van der Waals surface area contributed by atoms with Crippen molar-refractivity contribution in [3.05, 3.63) is 89.5 Å². The van der Waals surface area contributed by atoms with Crippen molar-refractivity contribution < 1.29 is 22.7 Å². The number of aryl methyl sites for hydroxylation is 2. The van der Waals surface area contributed by atoms with Crippen LogP contribution < -0.4 is 14.4 Å². The maximum atomic E-state index is 14.2. The standard InChI is InChI=1S/C32H41N3O5S/c1-6-21-33-32(37)29(8-3)34(22-25-15-17-27(40-5)18-16-25)31(36)23-35(30-12-10-9-11-26(30)7-2)41(38,39)28-19-13-24(4)14-20-28/h9-20,29H,6-8,21-23H2,1-5H3,(H,33,37)/t29-/m0/s1. The van der Waals surface area contributed by atoms with E-state index in [1.165, 1.54) is 9.21 Å². The summed E-state index contributed by atoms with van der Waals surface area (Å²) >= 11 is 0. The van der Waals surface area contributed by atoms with Crippen LogP contribution in [0.3, 0.4) is 0 Å². The third-order valence-electron chi connectivity index (χ3n) is 6.98. The van der Waals surface area contributed by atoms with Crippen molar-refractivity contribution >= 4 is 27.5 Å². The van der Waals surface area contributed by atoms with E-state index in [-0.39, 0.29) is 17.3 Å².